The zero-order valence-corrected chi connectivity index (χ0v) is 22.3. The lowest BCUT2D eigenvalue weighted by molar-refractivity contribution is 0.0476. The van der Waals surface area contributed by atoms with Crippen molar-refractivity contribution >= 4 is 22.2 Å². The Morgan fingerprint density at radius 3 is 2.19 bits per heavy atom. The molecule has 3 aliphatic heterocycles. The largest absolute Gasteiger partial charge is 0.445 e. The highest BCUT2D eigenvalue weighted by Crippen LogP contribution is 2.39. The summed E-state index contributed by atoms with van der Waals surface area (Å²) < 4.78 is 39.3. The fourth-order valence-electron chi connectivity index (χ4n) is 5.66. The Morgan fingerprint density at radius 2 is 1.61 bits per heavy atom. The fraction of sp³-hybridized carbons (Fsp3) is 0.692. The van der Waals surface area contributed by atoms with Gasteiger partial charge in [-0.3, -0.25) is 0 Å². The third-order valence-corrected chi connectivity index (χ3v) is 9.36. The normalized spacial score (nSPS) is 25.4. The molecule has 200 valence electrons. The van der Waals surface area contributed by atoms with E-state index in [9.17, 15) is 18.0 Å². The highest BCUT2D eigenvalue weighted by atomic mass is 32.2. The number of nitrogens with one attached hydrogen (secondary N) is 1. The maximum absolute atomic E-state index is 13.4. The number of nitrogens with zero attached hydrogens (tertiary/aromatic N) is 2. The van der Waals surface area contributed by atoms with E-state index >= 15 is 0 Å². The number of fused-ring (bicyclic) bond motifs is 2. The van der Waals surface area contributed by atoms with Crippen LogP contribution in [-0.4, -0.2) is 72.4 Å². The number of benzene rings is 1. The summed E-state index contributed by atoms with van der Waals surface area (Å²) in [5.41, 5.74) is 0.368. The Kier molecular flexibility index (Phi) is 8.14. The van der Waals surface area contributed by atoms with E-state index in [1.165, 1.54) is 0 Å². The van der Waals surface area contributed by atoms with Crippen LogP contribution in [0, 0.1) is 5.92 Å². The molecule has 1 unspecified atom stereocenters. The quantitative estimate of drug-likeness (QED) is 0.609. The van der Waals surface area contributed by atoms with Crippen LogP contribution in [0.4, 0.5) is 9.59 Å². The lowest BCUT2D eigenvalue weighted by Crippen LogP contribution is -2.54. The molecule has 3 atom stereocenters. The van der Waals surface area contributed by atoms with Crippen LogP contribution in [0.5, 0.6) is 0 Å². The smallest absolute Gasteiger partial charge is 0.410 e. The first-order valence-electron chi connectivity index (χ1n) is 13.0. The Balaban J connectivity index is 1.24. The van der Waals surface area contributed by atoms with E-state index in [0.717, 1.165) is 18.4 Å². The Labute approximate surface area is 214 Å². The van der Waals surface area contributed by atoms with Gasteiger partial charge in [-0.15, -0.1) is 0 Å². The number of carbonyl (C=O) groups excluding carboxylic acids is 2. The van der Waals surface area contributed by atoms with Crippen LogP contribution in [0.25, 0.3) is 0 Å². The molecular formula is C26H39N3O6S. The van der Waals surface area contributed by atoms with Crippen molar-refractivity contribution in [1.29, 1.82) is 0 Å². The van der Waals surface area contributed by atoms with Gasteiger partial charge < -0.3 is 19.7 Å². The number of hydrogen-bond donors (Lipinski definition) is 1. The van der Waals surface area contributed by atoms with Gasteiger partial charge in [-0.2, -0.15) is 4.31 Å². The second-order valence-corrected chi connectivity index (χ2v) is 13.2. The zero-order chi connectivity index (χ0) is 25.9. The van der Waals surface area contributed by atoms with Crippen LogP contribution in [0.2, 0.25) is 0 Å². The zero-order valence-electron chi connectivity index (χ0n) is 21.5. The van der Waals surface area contributed by atoms with Gasteiger partial charge >= 0.3 is 12.2 Å². The van der Waals surface area contributed by atoms with Gasteiger partial charge in [-0.25, -0.2) is 18.0 Å². The lowest BCUT2D eigenvalue weighted by Gasteiger charge is -2.39. The summed E-state index contributed by atoms with van der Waals surface area (Å²) in [4.78, 5) is 26.3. The fourth-order valence-corrected chi connectivity index (χ4v) is 8.05. The maximum atomic E-state index is 13.4. The summed E-state index contributed by atoms with van der Waals surface area (Å²) in [6, 6.07) is 9.31. The summed E-state index contributed by atoms with van der Waals surface area (Å²) in [6.07, 6.45) is 3.36. The van der Waals surface area contributed by atoms with Crippen LogP contribution in [0.1, 0.15) is 64.9 Å². The predicted molar refractivity (Wildman–Crippen MR) is 136 cm³/mol. The molecule has 10 heteroatoms. The molecule has 2 amide bonds. The van der Waals surface area contributed by atoms with E-state index in [4.69, 9.17) is 9.47 Å². The van der Waals surface area contributed by atoms with Crippen molar-refractivity contribution in [1.82, 2.24) is 14.5 Å². The monoisotopic (exact) mass is 521 g/mol. The number of hydrogen-bond acceptors (Lipinski definition) is 6. The van der Waals surface area contributed by atoms with Crippen molar-refractivity contribution in [3.8, 4) is 0 Å². The van der Waals surface area contributed by atoms with Crippen molar-refractivity contribution in [3.05, 3.63) is 35.9 Å². The van der Waals surface area contributed by atoms with E-state index in [0.29, 0.717) is 38.8 Å². The van der Waals surface area contributed by atoms with Gasteiger partial charge in [0.15, 0.2) is 0 Å². The molecule has 0 radical (unpaired) electrons. The summed E-state index contributed by atoms with van der Waals surface area (Å²) in [7, 11) is -3.43. The average Bonchev–Trinajstić information content (AvgIpc) is 3.09. The maximum Gasteiger partial charge on any atom is 0.410 e. The van der Waals surface area contributed by atoms with Crippen molar-refractivity contribution in [2.75, 3.05) is 18.8 Å². The lowest BCUT2D eigenvalue weighted by atomic mass is 9.99. The first kappa shape index (κ1) is 26.7. The molecule has 0 aromatic heterocycles. The topological polar surface area (TPSA) is 105 Å². The molecule has 2 bridgehead atoms. The second kappa shape index (κ2) is 11.0. The molecule has 3 saturated heterocycles. The number of likely N-dealkylation sites (tertiary alicyclic amines) is 1. The number of ether oxygens (including phenoxy) is 2. The van der Waals surface area contributed by atoms with Crippen molar-refractivity contribution in [3.63, 3.8) is 0 Å². The third kappa shape index (κ3) is 6.91. The molecule has 3 heterocycles. The minimum atomic E-state index is -3.43. The molecule has 1 aromatic rings. The van der Waals surface area contributed by atoms with Crippen LogP contribution in [0.15, 0.2) is 30.3 Å². The minimum absolute atomic E-state index is 0.0187. The Hall–Kier alpha value is -2.33. The molecule has 0 aliphatic carbocycles. The number of alkyl carbamates (subject to hydrolysis) is 1. The number of sulfonamides is 1. The third-order valence-electron chi connectivity index (χ3n) is 7.23. The van der Waals surface area contributed by atoms with E-state index in [-0.39, 0.29) is 42.5 Å². The highest BCUT2D eigenvalue weighted by molar-refractivity contribution is 7.89. The van der Waals surface area contributed by atoms with Crippen LogP contribution in [0.3, 0.4) is 0 Å². The minimum Gasteiger partial charge on any atom is -0.445 e. The summed E-state index contributed by atoms with van der Waals surface area (Å²) in [5, 5.41) is 2.93. The number of piperidine rings is 2. The molecule has 3 aliphatic rings. The van der Waals surface area contributed by atoms with Gasteiger partial charge in [0, 0.05) is 31.2 Å². The molecule has 1 N–H and O–H groups in total. The van der Waals surface area contributed by atoms with Crippen LogP contribution < -0.4 is 5.32 Å². The van der Waals surface area contributed by atoms with Gasteiger partial charge in [0.1, 0.15) is 12.2 Å². The van der Waals surface area contributed by atoms with Crippen LogP contribution in [-0.2, 0) is 26.1 Å². The van der Waals surface area contributed by atoms with Crippen molar-refractivity contribution in [2.24, 2.45) is 5.92 Å². The molecular weight excluding hydrogens is 482 g/mol. The highest BCUT2D eigenvalue weighted by Gasteiger charge is 2.47. The summed E-state index contributed by atoms with van der Waals surface area (Å²) >= 11 is 0. The molecule has 9 nitrogen and oxygen atoms in total. The van der Waals surface area contributed by atoms with Gasteiger partial charge in [0.25, 0.3) is 0 Å². The molecule has 1 aromatic carbocycles. The van der Waals surface area contributed by atoms with Gasteiger partial charge in [0.05, 0.1) is 5.75 Å². The summed E-state index contributed by atoms with van der Waals surface area (Å²) in [6.45, 7) is 6.71. The van der Waals surface area contributed by atoms with Gasteiger partial charge in [-0.05, 0) is 70.8 Å². The van der Waals surface area contributed by atoms with E-state index in [1.54, 1.807) is 9.21 Å². The van der Waals surface area contributed by atoms with E-state index in [2.05, 4.69) is 5.32 Å². The van der Waals surface area contributed by atoms with E-state index < -0.39 is 21.7 Å². The first-order chi connectivity index (χ1) is 17.0. The van der Waals surface area contributed by atoms with Crippen LogP contribution >= 0.6 is 0 Å². The van der Waals surface area contributed by atoms with Crippen molar-refractivity contribution < 1.29 is 27.5 Å². The Bertz CT molecular complexity index is 1000. The Morgan fingerprint density at radius 1 is 1.00 bits per heavy atom. The molecule has 36 heavy (non-hydrogen) atoms. The standard InChI is InChI=1S/C26H39N3O6S/c1-26(2,3)35-24(30)27-21-15-22-9-10-23(16-21)29(22)36(32,33)18-20-11-13-28(14-12-20)25(31)34-17-19-7-5-4-6-8-19/h4-8,20-23H,9-18H2,1-3H3,(H,27,30)/t21?,22-,23+. The second-order valence-electron chi connectivity index (χ2n) is 11.3. The number of rotatable bonds is 6. The molecule has 3 fully saturated rings. The van der Waals surface area contributed by atoms with Crippen molar-refractivity contribution in [2.45, 2.75) is 89.6 Å². The van der Waals surface area contributed by atoms with Gasteiger partial charge in [0.2, 0.25) is 10.0 Å². The molecule has 4 rings (SSSR count). The van der Waals surface area contributed by atoms with E-state index in [1.807, 2.05) is 51.1 Å². The number of amides is 2. The van der Waals surface area contributed by atoms with Gasteiger partial charge in [-0.1, -0.05) is 30.3 Å². The summed E-state index contributed by atoms with van der Waals surface area (Å²) in [5.74, 6) is 0.127. The SMILES string of the molecule is CC(C)(C)OC(=O)NC1C[C@H]2CC[C@@H](C1)N2S(=O)(=O)CC1CCN(C(=O)OCc2ccccc2)CC1. The number of carbonyl (C=O) groups is 2. The average molecular weight is 522 g/mol. The molecule has 0 spiro atoms. The predicted octanol–water partition coefficient (Wildman–Crippen LogP) is 3.89. The molecule has 0 saturated carbocycles. The first-order valence-corrected chi connectivity index (χ1v) is 14.6.